The zero-order valence-corrected chi connectivity index (χ0v) is 13.6. The molecule has 0 aliphatic carbocycles. The normalized spacial score (nSPS) is 21.0. The second kappa shape index (κ2) is 7.11. The third-order valence-corrected chi connectivity index (χ3v) is 4.51. The molecule has 1 saturated heterocycles. The molecule has 2 N–H and O–H groups in total. The molecule has 4 nitrogen and oxygen atoms in total. The van der Waals surface area contributed by atoms with E-state index < -0.39 is 5.97 Å². The van der Waals surface area contributed by atoms with Crippen LogP contribution in [0.15, 0.2) is 48.5 Å². The van der Waals surface area contributed by atoms with Crippen LogP contribution in [0.25, 0.3) is 0 Å². The molecular formula is C19H21FN2O2. The van der Waals surface area contributed by atoms with Crippen molar-refractivity contribution in [3.05, 3.63) is 71.0 Å². The summed E-state index contributed by atoms with van der Waals surface area (Å²) in [4.78, 5) is 13.9. The lowest BCUT2D eigenvalue weighted by atomic mass is 9.93. The number of methoxy groups -OCH3 is 1. The van der Waals surface area contributed by atoms with Gasteiger partial charge in [-0.25, -0.2) is 9.18 Å². The number of hydrogen-bond acceptors (Lipinski definition) is 4. The molecule has 0 aromatic heterocycles. The van der Waals surface area contributed by atoms with E-state index in [0.29, 0.717) is 24.2 Å². The van der Waals surface area contributed by atoms with E-state index in [1.165, 1.54) is 24.8 Å². The van der Waals surface area contributed by atoms with Gasteiger partial charge in [0.05, 0.1) is 12.7 Å². The standard InChI is InChI=1S/C19H21FN2O2/c1-24-19(23)14-7-8-17(20)15(9-14)16-11-22(12-18(16)21)10-13-5-3-2-4-6-13/h2-9,16,18H,10-12,21H2,1H3/t16-,18+/m1/s1. The average molecular weight is 328 g/mol. The molecule has 0 bridgehead atoms. The smallest absolute Gasteiger partial charge is 0.337 e. The Balaban J connectivity index is 1.79. The van der Waals surface area contributed by atoms with E-state index in [1.54, 1.807) is 6.07 Å². The fourth-order valence-corrected chi connectivity index (χ4v) is 3.29. The minimum absolute atomic E-state index is 0.140. The summed E-state index contributed by atoms with van der Waals surface area (Å²) in [6, 6.07) is 14.3. The lowest BCUT2D eigenvalue weighted by Gasteiger charge is -2.17. The van der Waals surface area contributed by atoms with E-state index in [4.69, 9.17) is 10.5 Å². The van der Waals surface area contributed by atoms with E-state index in [-0.39, 0.29) is 17.8 Å². The summed E-state index contributed by atoms with van der Waals surface area (Å²) < 4.78 is 19.0. The van der Waals surface area contributed by atoms with Crippen molar-refractivity contribution in [2.45, 2.75) is 18.5 Å². The van der Waals surface area contributed by atoms with E-state index in [0.717, 1.165) is 6.54 Å². The first-order chi connectivity index (χ1) is 11.6. The quantitative estimate of drug-likeness (QED) is 0.877. The van der Waals surface area contributed by atoms with Gasteiger partial charge in [-0.3, -0.25) is 4.90 Å². The van der Waals surface area contributed by atoms with Gasteiger partial charge in [0.25, 0.3) is 0 Å². The van der Waals surface area contributed by atoms with E-state index in [1.807, 2.05) is 18.2 Å². The van der Waals surface area contributed by atoms with E-state index >= 15 is 0 Å². The zero-order chi connectivity index (χ0) is 17.1. The number of hydrogen-bond donors (Lipinski definition) is 1. The fourth-order valence-electron chi connectivity index (χ4n) is 3.29. The molecule has 2 aromatic rings. The average Bonchev–Trinajstić information content (AvgIpc) is 2.95. The van der Waals surface area contributed by atoms with Crippen LogP contribution in [0.2, 0.25) is 0 Å². The number of ether oxygens (including phenoxy) is 1. The topological polar surface area (TPSA) is 55.6 Å². The van der Waals surface area contributed by atoms with E-state index in [9.17, 15) is 9.18 Å². The van der Waals surface area contributed by atoms with Crippen molar-refractivity contribution in [3.8, 4) is 0 Å². The molecule has 5 heteroatoms. The minimum atomic E-state index is -0.469. The number of halogens is 1. The highest BCUT2D eigenvalue weighted by molar-refractivity contribution is 5.89. The van der Waals surface area contributed by atoms with Crippen molar-refractivity contribution in [2.75, 3.05) is 20.2 Å². The summed E-state index contributed by atoms with van der Waals surface area (Å²) in [5.41, 5.74) is 8.30. The first-order valence-corrected chi connectivity index (χ1v) is 7.98. The lowest BCUT2D eigenvalue weighted by Crippen LogP contribution is -2.29. The predicted octanol–water partition coefficient (Wildman–Crippen LogP) is 2.54. The molecule has 0 amide bonds. The molecular weight excluding hydrogens is 307 g/mol. The molecule has 1 fully saturated rings. The van der Waals surface area contributed by atoms with Crippen LogP contribution >= 0.6 is 0 Å². The van der Waals surface area contributed by atoms with Gasteiger partial charge in [-0.15, -0.1) is 0 Å². The second-order valence-corrected chi connectivity index (χ2v) is 6.18. The molecule has 2 atom stereocenters. The number of nitrogens with two attached hydrogens (primary N) is 1. The molecule has 1 heterocycles. The Morgan fingerprint density at radius 3 is 2.71 bits per heavy atom. The van der Waals surface area contributed by atoms with Crippen LogP contribution in [0, 0.1) is 5.82 Å². The number of esters is 1. The summed E-state index contributed by atoms with van der Waals surface area (Å²) >= 11 is 0. The Bertz CT molecular complexity index is 721. The van der Waals surface area contributed by atoms with Crippen LogP contribution in [0.4, 0.5) is 4.39 Å². The highest BCUT2D eigenvalue weighted by atomic mass is 19.1. The van der Waals surface area contributed by atoms with Gasteiger partial charge < -0.3 is 10.5 Å². The maximum absolute atomic E-state index is 14.3. The van der Waals surface area contributed by atoms with Crippen LogP contribution in [0.1, 0.15) is 27.4 Å². The Kier molecular flexibility index (Phi) is 4.92. The van der Waals surface area contributed by atoms with Gasteiger partial charge in [-0.1, -0.05) is 30.3 Å². The fraction of sp³-hybridized carbons (Fsp3) is 0.316. The first-order valence-electron chi connectivity index (χ1n) is 7.98. The Morgan fingerprint density at radius 1 is 1.25 bits per heavy atom. The van der Waals surface area contributed by atoms with E-state index in [2.05, 4.69) is 17.0 Å². The third-order valence-electron chi connectivity index (χ3n) is 4.51. The number of carbonyl (C=O) groups is 1. The molecule has 3 rings (SSSR count). The van der Waals surface area contributed by atoms with Crippen molar-refractivity contribution in [3.63, 3.8) is 0 Å². The van der Waals surface area contributed by atoms with Gasteiger partial charge in [-0.05, 0) is 29.3 Å². The van der Waals surface area contributed by atoms with Crippen LogP contribution in [-0.2, 0) is 11.3 Å². The molecule has 0 saturated carbocycles. The van der Waals surface area contributed by atoms with Crippen molar-refractivity contribution < 1.29 is 13.9 Å². The number of carbonyl (C=O) groups excluding carboxylic acids is 1. The number of nitrogens with zero attached hydrogens (tertiary/aromatic N) is 1. The summed E-state index contributed by atoms with van der Waals surface area (Å²) in [6.45, 7) is 2.14. The summed E-state index contributed by atoms with van der Waals surface area (Å²) in [6.07, 6.45) is 0. The van der Waals surface area contributed by atoms with Gasteiger partial charge in [-0.2, -0.15) is 0 Å². The maximum Gasteiger partial charge on any atom is 0.337 e. The minimum Gasteiger partial charge on any atom is -0.465 e. The van der Waals surface area contributed by atoms with Crippen LogP contribution in [0.3, 0.4) is 0 Å². The van der Waals surface area contributed by atoms with Gasteiger partial charge >= 0.3 is 5.97 Å². The molecule has 126 valence electrons. The van der Waals surface area contributed by atoms with Gasteiger partial charge in [0.1, 0.15) is 5.82 Å². The maximum atomic E-state index is 14.3. The van der Waals surface area contributed by atoms with Crippen LogP contribution in [0.5, 0.6) is 0 Å². The molecule has 1 aliphatic rings. The monoisotopic (exact) mass is 328 g/mol. The van der Waals surface area contributed by atoms with Gasteiger partial charge in [0.2, 0.25) is 0 Å². The largest absolute Gasteiger partial charge is 0.465 e. The van der Waals surface area contributed by atoms with Crippen molar-refractivity contribution >= 4 is 5.97 Å². The predicted molar refractivity (Wildman–Crippen MR) is 90.2 cm³/mol. The second-order valence-electron chi connectivity index (χ2n) is 6.18. The van der Waals surface area contributed by atoms with Crippen molar-refractivity contribution in [1.29, 1.82) is 0 Å². The highest BCUT2D eigenvalue weighted by Crippen LogP contribution is 2.30. The first kappa shape index (κ1) is 16.6. The Morgan fingerprint density at radius 2 is 2.00 bits per heavy atom. The molecule has 24 heavy (non-hydrogen) atoms. The summed E-state index contributed by atoms with van der Waals surface area (Å²) in [5.74, 6) is -0.938. The van der Waals surface area contributed by atoms with Crippen LogP contribution in [-0.4, -0.2) is 37.1 Å². The molecule has 0 spiro atoms. The lowest BCUT2D eigenvalue weighted by molar-refractivity contribution is 0.0600. The third kappa shape index (κ3) is 3.47. The molecule has 2 aromatic carbocycles. The molecule has 0 unspecified atom stereocenters. The number of rotatable bonds is 4. The Hall–Kier alpha value is -2.24. The molecule has 0 radical (unpaired) electrons. The van der Waals surface area contributed by atoms with Crippen molar-refractivity contribution in [2.24, 2.45) is 5.73 Å². The van der Waals surface area contributed by atoms with Crippen LogP contribution < -0.4 is 5.73 Å². The number of benzene rings is 2. The summed E-state index contributed by atoms with van der Waals surface area (Å²) in [5, 5.41) is 0. The molecule has 1 aliphatic heterocycles. The van der Waals surface area contributed by atoms with Gasteiger partial charge in [0, 0.05) is 31.6 Å². The SMILES string of the molecule is COC(=O)c1ccc(F)c([C@H]2CN(Cc3ccccc3)C[C@@H]2N)c1. The number of likely N-dealkylation sites (tertiary alicyclic amines) is 1. The highest BCUT2D eigenvalue weighted by Gasteiger charge is 2.33. The van der Waals surface area contributed by atoms with Crippen molar-refractivity contribution in [1.82, 2.24) is 4.90 Å². The summed E-state index contributed by atoms with van der Waals surface area (Å²) in [7, 11) is 1.31. The Labute approximate surface area is 141 Å². The zero-order valence-electron chi connectivity index (χ0n) is 13.6. The van der Waals surface area contributed by atoms with Gasteiger partial charge in [0.15, 0.2) is 0 Å².